The molecule has 1 aliphatic carbocycles. The summed E-state index contributed by atoms with van der Waals surface area (Å²) in [6.45, 7) is -0.465. The normalized spacial score (nSPS) is 13.3. The van der Waals surface area contributed by atoms with Crippen LogP contribution in [-0.2, 0) is 27.6 Å². The molecule has 6 nitrogen and oxygen atoms in total. The molecule has 0 amide bonds. The first-order valence-electron chi connectivity index (χ1n) is 7.90. The fourth-order valence-electron chi connectivity index (χ4n) is 2.88. The Bertz CT molecular complexity index is 1000. The Morgan fingerprint density at radius 2 is 1.81 bits per heavy atom. The number of sulfonamides is 1. The average molecular weight is 394 g/mol. The minimum atomic E-state index is -3.99. The highest BCUT2D eigenvalue weighted by Crippen LogP contribution is 2.24. The number of primary sulfonamides is 1. The molecule has 136 valence electrons. The lowest BCUT2D eigenvalue weighted by Crippen LogP contribution is -2.16. The van der Waals surface area contributed by atoms with Crippen molar-refractivity contribution in [1.29, 1.82) is 0 Å². The Hall–Kier alpha value is -2.22. The van der Waals surface area contributed by atoms with Crippen LogP contribution in [0.3, 0.4) is 0 Å². The number of hydrogen-bond donors (Lipinski definition) is 1. The third-order valence-corrected chi connectivity index (χ3v) is 5.48. The van der Waals surface area contributed by atoms with Gasteiger partial charge in [-0.3, -0.25) is 4.79 Å². The molecule has 0 bridgehead atoms. The molecule has 0 aliphatic heterocycles. The number of carbonyl (C=O) groups is 2. The van der Waals surface area contributed by atoms with Gasteiger partial charge in [0.1, 0.15) is 0 Å². The van der Waals surface area contributed by atoms with Crippen LogP contribution in [0.25, 0.3) is 0 Å². The predicted octanol–water partition coefficient (Wildman–Crippen LogP) is 2.52. The Labute approximate surface area is 156 Å². The van der Waals surface area contributed by atoms with Crippen LogP contribution in [0.1, 0.15) is 38.3 Å². The second kappa shape index (κ2) is 7.19. The Morgan fingerprint density at radius 1 is 1.08 bits per heavy atom. The fraction of sp³-hybridized carbons (Fsp3) is 0.222. The summed E-state index contributed by atoms with van der Waals surface area (Å²) >= 11 is 5.92. The van der Waals surface area contributed by atoms with E-state index in [9.17, 15) is 18.0 Å². The van der Waals surface area contributed by atoms with Crippen molar-refractivity contribution < 1.29 is 22.7 Å². The molecule has 0 radical (unpaired) electrons. The lowest BCUT2D eigenvalue weighted by molar-refractivity contribution is 0.0474. The maximum atomic E-state index is 12.3. The number of fused-ring (bicyclic) bond motifs is 1. The number of ketones is 1. The molecule has 0 spiro atoms. The Morgan fingerprint density at radius 3 is 2.54 bits per heavy atom. The summed E-state index contributed by atoms with van der Waals surface area (Å²) < 4.78 is 27.8. The van der Waals surface area contributed by atoms with Crippen molar-refractivity contribution in [1.82, 2.24) is 0 Å². The summed E-state index contributed by atoms with van der Waals surface area (Å²) in [7, 11) is -3.99. The standard InChI is InChI=1S/C18H16ClNO5S/c19-16-7-6-14(26(20,23)24)9-15(16)18(22)25-10-17(21)13-5-4-11-2-1-3-12(11)8-13/h4-9H,1-3,10H2,(H2,20,23,24). The SMILES string of the molecule is NS(=O)(=O)c1ccc(Cl)c(C(=O)OCC(=O)c2ccc3c(c2)CCC3)c1. The molecule has 26 heavy (non-hydrogen) atoms. The van der Waals surface area contributed by atoms with Gasteiger partial charge in [0.25, 0.3) is 0 Å². The van der Waals surface area contributed by atoms with E-state index in [-0.39, 0.29) is 21.3 Å². The molecule has 8 heteroatoms. The number of ether oxygens (including phenoxy) is 1. The highest BCUT2D eigenvalue weighted by Gasteiger charge is 2.19. The van der Waals surface area contributed by atoms with Gasteiger partial charge >= 0.3 is 5.97 Å². The van der Waals surface area contributed by atoms with E-state index >= 15 is 0 Å². The molecule has 0 saturated carbocycles. The summed E-state index contributed by atoms with van der Waals surface area (Å²) in [5, 5.41) is 5.05. The van der Waals surface area contributed by atoms with Crippen LogP contribution in [-0.4, -0.2) is 26.8 Å². The average Bonchev–Trinajstić information content (AvgIpc) is 3.06. The summed E-state index contributed by atoms with van der Waals surface area (Å²) in [4.78, 5) is 24.2. The van der Waals surface area contributed by atoms with Crippen molar-refractivity contribution in [3.8, 4) is 0 Å². The van der Waals surface area contributed by atoms with Crippen molar-refractivity contribution in [2.45, 2.75) is 24.2 Å². The topological polar surface area (TPSA) is 104 Å². The van der Waals surface area contributed by atoms with E-state index in [0.717, 1.165) is 30.9 Å². The highest BCUT2D eigenvalue weighted by atomic mass is 35.5. The van der Waals surface area contributed by atoms with E-state index in [4.69, 9.17) is 21.5 Å². The lowest BCUT2D eigenvalue weighted by atomic mass is 10.0. The van der Waals surface area contributed by atoms with Gasteiger partial charge in [0.15, 0.2) is 12.4 Å². The monoisotopic (exact) mass is 393 g/mol. The maximum Gasteiger partial charge on any atom is 0.340 e. The molecule has 2 aromatic rings. The number of hydrogen-bond acceptors (Lipinski definition) is 5. The molecule has 0 heterocycles. The lowest BCUT2D eigenvalue weighted by Gasteiger charge is -2.08. The molecule has 2 N–H and O–H groups in total. The van der Waals surface area contributed by atoms with Crippen LogP contribution >= 0.6 is 11.6 Å². The molecule has 1 aliphatic rings. The zero-order valence-corrected chi connectivity index (χ0v) is 15.3. The maximum absolute atomic E-state index is 12.3. The van der Waals surface area contributed by atoms with Crippen LogP contribution in [0.4, 0.5) is 0 Å². The van der Waals surface area contributed by atoms with Gasteiger partial charge in [0.05, 0.1) is 15.5 Å². The van der Waals surface area contributed by atoms with Gasteiger partial charge < -0.3 is 4.74 Å². The third kappa shape index (κ3) is 3.95. The van der Waals surface area contributed by atoms with Gasteiger partial charge in [-0.1, -0.05) is 23.7 Å². The summed E-state index contributed by atoms with van der Waals surface area (Å²) in [6.07, 6.45) is 3.02. The molecule has 3 rings (SSSR count). The largest absolute Gasteiger partial charge is 0.454 e. The van der Waals surface area contributed by atoms with Crippen LogP contribution in [0, 0.1) is 0 Å². The summed E-state index contributed by atoms with van der Waals surface area (Å²) in [5.74, 6) is -1.23. The number of halogens is 1. The summed E-state index contributed by atoms with van der Waals surface area (Å²) in [5.41, 5.74) is 2.69. The van der Waals surface area contributed by atoms with Crippen molar-refractivity contribution in [2.75, 3.05) is 6.61 Å². The van der Waals surface area contributed by atoms with Crippen LogP contribution in [0.2, 0.25) is 5.02 Å². The fourth-order valence-corrected chi connectivity index (χ4v) is 3.61. The number of benzene rings is 2. The highest BCUT2D eigenvalue weighted by molar-refractivity contribution is 7.89. The zero-order valence-electron chi connectivity index (χ0n) is 13.7. The summed E-state index contributed by atoms with van der Waals surface area (Å²) in [6, 6.07) is 8.91. The first-order chi connectivity index (χ1) is 12.3. The minimum absolute atomic E-state index is 0.00683. The van der Waals surface area contributed by atoms with E-state index in [2.05, 4.69) is 0 Å². The van der Waals surface area contributed by atoms with Gasteiger partial charge in [-0.05, 0) is 54.7 Å². The molecular formula is C18H16ClNO5S. The smallest absolute Gasteiger partial charge is 0.340 e. The number of esters is 1. The number of rotatable bonds is 5. The van der Waals surface area contributed by atoms with E-state index in [1.54, 1.807) is 6.07 Å². The number of Topliss-reactive ketones (excluding diaryl/α,β-unsaturated/α-hetero) is 1. The third-order valence-electron chi connectivity index (χ3n) is 4.24. The quantitative estimate of drug-likeness (QED) is 0.621. The van der Waals surface area contributed by atoms with Gasteiger partial charge in [-0.25, -0.2) is 18.4 Å². The number of aryl methyl sites for hydroxylation is 2. The van der Waals surface area contributed by atoms with Crippen LogP contribution < -0.4 is 5.14 Å². The molecule has 0 aromatic heterocycles. The molecule has 0 saturated heterocycles. The second-order valence-corrected chi connectivity index (χ2v) is 7.99. The minimum Gasteiger partial charge on any atom is -0.454 e. The number of carbonyl (C=O) groups excluding carboxylic acids is 2. The first-order valence-corrected chi connectivity index (χ1v) is 9.82. The first kappa shape index (κ1) is 18.6. The second-order valence-electron chi connectivity index (χ2n) is 6.02. The van der Waals surface area contributed by atoms with Gasteiger partial charge in [0.2, 0.25) is 10.0 Å². The Kier molecular flexibility index (Phi) is 5.13. The van der Waals surface area contributed by atoms with Crippen molar-refractivity contribution in [3.63, 3.8) is 0 Å². The van der Waals surface area contributed by atoms with E-state index in [0.29, 0.717) is 5.56 Å². The molecular weight excluding hydrogens is 378 g/mol. The van der Waals surface area contributed by atoms with E-state index < -0.39 is 22.6 Å². The van der Waals surface area contributed by atoms with Crippen molar-refractivity contribution in [2.24, 2.45) is 5.14 Å². The Balaban J connectivity index is 1.72. The van der Waals surface area contributed by atoms with E-state index in [1.165, 1.54) is 17.7 Å². The molecule has 0 fully saturated rings. The van der Waals surface area contributed by atoms with Crippen molar-refractivity contribution >= 4 is 33.4 Å². The van der Waals surface area contributed by atoms with E-state index in [1.807, 2.05) is 12.1 Å². The zero-order chi connectivity index (χ0) is 18.9. The molecule has 2 aromatic carbocycles. The van der Waals surface area contributed by atoms with Gasteiger partial charge in [-0.15, -0.1) is 0 Å². The van der Waals surface area contributed by atoms with Crippen molar-refractivity contribution in [3.05, 3.63) is 63.7 Å². The van der Waals surface area contributed by atoms with Gasteiger partial charge in [0, 0.05) is 5.56 Å². The predicted molar refractivity (Wildman–Crippen MR) is 95.9 cm³/mol. The molecule has 0 atom stereocenters. The number of nitrogens with two attached hydrogens (primary N) is 1. The van der Waals surface area contributed by atoms with Crippen LogP contribution in [0.5, 0.6) is 0 Å². The van der Waals surface area contributed by atoms with Crippen LogP contribution in [0.15, 0.2) is 41.3 Å². The van der Waals surface area contributed by atoms with Gasteiger partial charge in [-0.2, -0.15) is 0 Å². The molecule has 0 unspecified atom stereocenters.